The van der Waals surface area contributed by atoms with E-state index >= 15 is 0 Å². The zero-order valence-electron chi connectivity index (χ0n) is 16.4. The molecule has 8 nitrogen and oxygen atoms in total. The van der Waals surface area contributed by atoms with Crippen LogP contribution in [0.2, 0.25) is 0 Å². The van der Waals surface area contributed by atoms with Crippen molar-refractivity contribution < 1.29 is 28.6 Å². The summed E-state index contributed by atoms with van der Waals surface area (Å²) in [6, 6.07) is 7.56. The lowest BCUT2D eigenvalue weighted by atomic mass is 9.99. The Hall–Kier alpha value is -3.26. The van der Waals surface area contributed by atoms with Crippen LogP contribution in [0, 0.1) is 0 Å². The normalized spacial score (nSPS) is 22.9. The molecule has 0 aliphatic carbocycles. The lowest BCUT2D eigenvalue weighted by Crippen LogP contribution is -2.37. The Morgan fingerprint density at radius 2 is 1.87 bits per heavy atom. The van der Waals surface area contributed by atoms with Crippen molar-refractivity contribution in [1.82, 2.24) is 9.80 Å². The fraction of sp³-hybridized carbons (Fsp3) is 0.364. The van der Waals surface area contributed by atoms with Crippen LogP contribution in [0.25, 0.3) is 5.76 Å². The maximum absolute atomic E-state index is 12.9. The SMILES string of the molecule is O=C1C(=O)N(CCN2CCCC2)C(c2ccco2)/C1=C(\O)c1ccc2c(c1)OCO2. The number of aliphatic hydroxyl groups is 1. The average Bonchev–Trinajstić information content (AvgIpc) is 3.55. The Morgan fingerprint density at radius 1 is 1.07 bits per heavy atom. The van der Waals surface area contributed by atoms with Gasteiger partial charge in [-0.3, -0.25) is 9.59 Å². The van der Waals surface area contributed by atoms with E-state index in [2.05, 4.69) is 4.90 Å². The van der Waals surface area contributed by atoms with Crippen molar-refractivity contribution in [2.24, 2.45) is 0 Å². The summed E-state index contributed by atoms with van der Waals surface area (Å²) < 4.78 is 16.2. The standard InChI is InChI=1S/C22H22N2O6/c25-20(14-5-6-15-17(12-14)30-13-29-15)18-19(16-4-3-11-28-16)24(22(27)21(18)26)10-9-23-7-1-2-8-23/h3-6,11-12,19,25H,1-2,7-10,13H2/b20-18+. The minimum Gasteiger partial charge on any atom is -0.507 e. The van der Waals surface area contributed by atoms with E-state index < -0.39 is 17.7 Å². The van der Waals surface area contributed by atoms with E-state index in [4.69, 9.17) is 13.9 Å². The van der Waals surface area contributed by atoms with Gasteiger partial charge < -0.3 is 28.8 Å². The Labute approximate surface area is 173 Å². The van der Waals surface area contributed by atoms with Crippen molar-refractivity contribution in [2.75, 3.05) is 33.0 Å². The van der Waals surface area contributed by atoms with Gasteiger partial charge in [0.15, 0.2) is 11.5 Å². The molecule has 0 saturated carbocycles. The third-order valence-electron chi connectivity index (χ3n) is 5.85. The lowest BCUT2D eigenvalue weighted by molar-refractivity contribution is -0.140. The molecule has 1 aromatic carbocycles. The van der Waals surface area contributed by atoms with Crippen LogP contribution < -0.4 is 9.47 Å². The highest BCUT2D eigenvalue weighted by Gasteiger charge is 2.47. The topological polar surface area (TPSA) is 92.5 Å². The third kappa shape index (κ3) is 3.13. The molecule has 0 radical (unpaired) electrons. The molecular formula is C22H22N2O6. The number of rotatable bonds is 5. The molecule has 156 valence electrons. The number of benzene rings is 1. The first-order valence-corrected chi connectivity index (χ1v) is 10.1. The van der Waals surface area contributed by atoms with E-state index in [9.17, 15) is 14.7 Å². The molecule has 2 saturated heterocycles. The molecule has 3 aliphatic heterocycles. The molecule has 0 bridgehead atoms. The van der Waals surface area contributed by atoms with Crippen LogP contribution >= 0.6 is 0 Å². The molecule has 5 rings (SSSR count). The molecule has 1 aromatic heterocycles. The summed E-state index contributed by atoms with van der Waals surface area (Å²) in [6.07, 6.45) is 3.78. The van der Waals surface area contributed by atoms with Gasteiger partial charge in [0.2, 0.25) is 6.79 Å². The van der Waals surface area contributed by atoms with E-state index in [1.807, 2.05) is 0 Å². The summed E-state index contributed by atoms with van der Waals surface area (Å²) >= 11 is 0. The second-order valence-corrected chi connectivity index (χ2v) is 7.62. The van der Waals surface area contributed by atoms with Crippen LogP contribution in [0.15, 0.2) is 46.6 Å². The number of likely N-dealkylation sites (tertiary alicyclic amines) is 2. The Balaban J connectivity index is 1.52. The van der Waals surface area contributed by atoms with E-state index in [1.54, 1.807) is 30.3 Å². The number of carbonyl (C=O) groups is 2. The van der Waals surface area contributed by atoms with E-state index in [0.717, 1.165) is 25.9 Å². The summed E-state index contributed by atoms with van der Waals surface area (Å²) in [6.45, 7) is 3.15. The fourth-order valence-corrected chi connectivity index (χ4v) is 4.31. The summed E-state index contributed by atoms with van der Waals surface area (Å²) in [4.78, 5) is 29.6. The molecule has 1 atom stereocenters. The number of fused-ring (bicyclic) bond motifs is 1. The predicted octanol–water partition coefficient (Wildman–Crippen LogP) is 2.53. The number of nitrogens with zero attached hydrogens (tertiary/aromatic N) is 2. The van der Waals surface area contributed by atoms with Gasteiger partial charge >= 0.3 is 0 Å². The number of carbonyl (C=O) groups excluding carboxylic acids is 2. The number of Topliss-reactive ketones (excluding diaryl/α,β-unsaturated/α-hetero) is 1. The van der Waals surface area contributed by atoms with Crippen molar-refractivity contribution in [2.45, 2.75) is 18.9 Å². The van der Waals surface area contributed by atoms with Gasteiger partial charge in [0, 0.05) is 18.7 Å². The van der Waals surface area contributed by atoms with Gasteiger partial charge in [0.25, 0.3) is 11.7 Å². The smallest absolute Gasteiger partial charge is 0.295 e. The highest BCUT2D eigenvalue weighted by atomic mass is 16.7. The first-order chi connectivity index (χ1) is 14.6. The van der Waals surface area contributed by atoms with Crippen molar-refractivity contribution >= 4 is 17.4 Å². The molecule has 1 unspecified atom stereocenters. The van der Waals surface area contributed by atoms with Crippen LogP contribution in [0.3, 0.4) is 0 Å². The van der Waals surface area contributed by atoms with E-state index in [1.165, 1.54) is 11.2 Å². The highest BCUT2D eigenvalue weighted by Crippen LogP contribution is 2.41. The Morgan fingerprint density at radius 3 is 2.63 bits per heavy atom. The van der Waals surface area contributed by atoms with Crippen molar-refractivity contribution in [3.63, 3.8) is 0 Å². The number of hydrogen-bond donors (Lipinski definition) is 1. The minimum atomic E-state index is -0.770. The first-order valence-electron chi connectivity index (χ1n) is 10.1. The molecular weight excluding hydrogens is 388 g/mol. The summed E-state index contributed by atoms with van der Waals surface area (Å²) in [5, 5.41) is 11.0. The fourth-order valence-electron chi connectivity index (χ4n) is 4.31. The number of ether oxygens (including phenoxy) is 2. The molecule has 3 aliphatic rings. The van der Waals surface area contributed by atoms with Crippen molar-refractivity contribution in [3.05, 3.63) is 53.5 Å². The number of hydrogen-bond acceptors (Lipinski definition) is 7. The summed E-state index contributed by atoms with van der Waals surface area (Å²) in [5.74, 6) is -0.0995. The van der Waals surface area contributed by atoms with Gasteiger partial charge in [-0.2, -0.15) is 0 Å². The van der Waals surface area contributed by atoms with E-state index in [-0.39, 0.29) is 18.1 Å². The molecule has 4 heterocycles. The first kappa shape index (κ1) is 18.7. The quantitative estimate of drug-likeness (QED) is 0.460. The largest absolute Gasteiger partial charge is 0.507 e. The predicted molar refractivity (Wildman–Crippen MR) is 106 cm³/mol. The van der Waals surface area contributed by atoms with E-state index in [0.29, 0.717) is 35.9 Å². The van der Waals surface area contributed by atoms with Crippen molar-refractivity contribution in [3.8, 4) is 11.5 Å². The molecule has 30 heavy (non-hydrogen) atoms. The number of amides is 1. The molecule has 0 spiro atoms. The van der Waals surface area contributed by atoms with Crippen LogP contribution in [0.1, 0.15) is 30.2 Å². The van der Waals surface area contributed by atoms with Crippen LogP contribution in [-0.2, 0) is 9.59 Å². The Bertz CT molecular complexity index is 1010. The van der Waals surface area contributed by atoms with Gasteiger partial charge in [0.05, 0.1) is 11.8 Å². The third-order valence-corrected chi connectivity index (χ3v) is 5.85. The van der Waals surface area contributed by atoms with Gasteiger partial charge in [0.1, 0.15) is 17.6 Å². The monoisotopic (exact) mass is 410 g/mol. The van der Waals surface area contributed by atoms with Crippen LogP contribution in [-0.4, -0.2) is 59.6 Å². The van der Waals surface area contributed by atoms with Gasteiger partial charge in [-0.05, 0) is 56.3 Å². The minimum absolute atomic E-state index is 0.0234. The number of furan rings is 1. The lowest BCUT2D eigenvalue weighted by Gasteiger charge is -2.25. The van der Waals surface area contributed by atoms with Crippen LogP contribution in [0.5, 0.6) is 11.5 Å². The molecule has 1 amide bonds. The second-order valence-electron chi connectivity index (χ2n) is 7.62. The molecule has 1 N–H and O–H groups in total. The average molecular weight is 410 g/mol. The van der Waals surface area contributed by atoms with Gasteiger partial charge in [-0.1, -0.05) is 0 Å². The second kappa shape index (κ2) is 7.53. The molecule has 8 heteroatoms. The Kier molecular flexibility index (Phi) is 4.71. The highest BCUT2D eigenvalue weighted by molar-refractivity contribution is 6.46. The number of ketones is 1. The molecule has 2 aromatic rings. The summed E-state index contributed by atoms with van der Waals surface area (Å²) in [7, 11) is 0. The maximum atomic E-state index is 12.9. The number of aliphatic hydroxyl groups excluding tert-OH is 1. The molecule has 2 fully saturated rings. The summed E-state index contributed by atoms with van der Waals surface area (Å²) in [5.41, 5.74) is 0.406. The van der Waals surface area contributed by atoms with Gasteiger partial charge in [-0.15, -0.1) is 0 Å². The van der Waals surface area contributed by atoms with Gasteiger partial charge in [-0.25, -0.2) is 0 Å². The van der Waals surface area contributed by atoms with Crippen LogP contribution in [0.4, 0.5) is 0 Å². The maximum Gasteiger partial charge on any atom is 0.295 e. The van der Waals surface area contributed by atoms with Crippen molar-refractivity contribution in [1.29, 1.82) is 0 Å². The zero-order valence-corrected chi connectivity index (χ0v) is 16.4. The zero-order chi connectivity index (χ0) is 20.7.